The summed E-state index contributed by atoms with van der Waals surface area (Å²) < 4.78 is 15.0. The van der Waals surface area contributed by atoms with E-state index in [1.807, 2.05) is 0 Å². The second-order valence-electron chi connectivity index (χ2n) is 5.65. The number of benzene rings is 1. The Balaban J connectivity index is 2.23. The number of esters is 2. The van der Waals surface area contributed by atoms with Crippen LogP contribution in [0.5, 0.6) is 5.75 Å². The van der Waals surface area contributed by atoms with Crippen LogP contribution in [0.25, 0.3) is 0 Å². The third kappa shape index (κ3) is 4.55. The number of nitro groups is 1. The van der Waals surface area contributed by atoms with Gasteiger partial charge in [-0.1, -0.05) is 0 Å². The van der Waals surface area contributed by atoms with Gasteiger partial charge in [-0.3, -0.25) is 10.1 Å². The highest BCUT2D eigenvalue weighted by molar-refractivity contribution is 5.95. The molecule has 0 radical (unpaired) electrons. The number of rotatable bonds is 7. The summed E-state index contributed by atoms with van der Waals surface area (Å²) in [4.78, 5) is 46.5. The Hall–Kier alpha value is -3.63. The van der Waals surface area contributed by atoms with Crippen molar-refractivity contribution in [2.24, 2.45) is 0 Å². The monoisotopic (exact) mass is 393 g/mol. The summed E-state index contributed by atoms with van der Waals surface area (Å²) in [6, 6.07) is 2.38. The Bertz CT molecular complexity index is 849. The van der Waals surface area contributed by atoms with Crippen LogP contribution in [0.15, 0.2) is 29.5 Å². The normalized spacial score (nSPS) is 16.0. The second kappa shape index (κ2) is 8.84. The predicted octanol–water partition coefficient (Wildman–Crippen LogP) is 1.28. The predicted molar refractivity (Wildman–Crippen MR) is 94.7 cm³/mol. The molecule has 0 aromatic heterocycles. The molecule has 0 bridgehead atoms. The molecule has 1 aliphatic rings. The van der Waals surface area contributed by atoms with E-state index >= 15 is 0 Å². The van der Waals surface area contributed by atoms with Crippen molar-refractivity contribution in [2.75, 3.05) is 20.3 Å². The van der Waals surface area contributed by atoms with Gasteiger partial charge in [-0.2, -0.15) is 0 Å². The number of carbonyl (C=O) groups excluding carboxylic acids is 3. The average molecular weight is 393 g/mol. The van der Waals surface area contributed by atoms with Gasteiger partial charge in [-0.05, 0) is 26.0 Å². The Morgan fingerprint density at radius 3 is 2.57 bits per heavy atom. The number of methoxy groups -OCH3 is 1. The average Bonchev–Trinajstić information content (AvgIpc) is 2.65. The van der Waals surface area contributed by atoms with Gasteiger partial charge in [0.1, 0.15) is 6.61 Å². The maximum Gasteiger partial charge on any atom is 0.338 e. The van der Waals surface area contributed by atoms with Crippen LogP contribution in [-0.4, -0.2) is 49.3 Å². The molecule has 2 N–H and O–H groups in total. The Kier molecular flexibility index (Phi) is 6.53. The fraction of sp³-hybridized carbons (Fsp3) is 0.353. The first-order valence-corrected chi connectivity index (χ1v) is 8.25. The molecule has 0 spiro atoms. The number of ether oxygens (including phenoxy) is 3. The number of nitrogens with zero attached hydrogens (tertiary/aromatic N) is 1. The zero-order valence-corrected chi connectivity index (χ0v) is 15.4. The Morgan fingerprint density at radius 1 is 1.25 bits per heavy atom. The molecule has 150 valence electrons. The van der Waals surface area contributed by atoms with Gasteiger partial charge in [0.05, 0.1) is 41.5 Å². The first-order chi connectivity index (χ1) is 13.3. The van der Waals surface area contributed by atoms with E-state index < -0.39 is 41.2 Å². The molecule has 0 saturated carbocycles. The first kappa shape index (κ1) is 20.7. The maximum atomic E-state index is 12.3. The number of nitro benzene ring substituents is 1. The Morgan fingerprint density at radius 2 is 1.96 bits per heavy atom. The zero-order valence-electron chi connectivity index (χ0n) is 15.4. The van der Waals surface area contributed by atoms with Crippen molar-refractivity contribution in [3.63, 3.8) is 0 Å². The number of nitrogens with one attached hydrogen (secondary N) is 2. The molecule has 1 unspecified atom stereocenters. The highest BCUT2D eigenvalue weighted by atomic mass is 16.6. The molecule has 1 aliphatic heterocycles. The molecule has 2 amide bonds. The molecule has 2 rings (SSSR count). The highest BCUT2D eigenvalue weighted by Gasteiger charge is 2.30. The van der Waals surface area contributed by atoms with Gasteiger partial charge in [0, 0.05) is 6.07 Å². The van der Waals surface area contributed by atoms with Gasteiger partial charge in [0.25, 0.3) is 0 Å². The first-order valence-electron chi connectivity index (χ1n) is 8.25. The third-order valence-electron chi connectivity index (χ3n) is 3.82. The second-order valence-corrected chi connectivity index (χ2v) is 5.65. The van der Waals surface area contributed by atoms with Gasteiger partial charge in [-0.15, -0.1) is 0 Å². The number of urea groups is 1. The molecule has 0 aliphatic carbocycles. The van der Waals surface area contributed by atoms with E-state index in [1.54, 1.807) is 13.8 Å². The SMILES string of the molecule is CCOC(=O)C1=C(COC(=O)c2ccc(OC)c([N+](=O)[O-])c2)NC(=O)NC1C. The molecule has 11 heteroatoms. The lowest BCUT2D eigenvalue weighted by atomic mass is 10.0. The number of hydrogen-bond donors (Lipinski definition) is 2. The summed E-state index contributed by atoms with van der Waals surface area (Å²) in [5.74, 6) is -1.54. The van der Waals surface area contributed by atoms with Crippen molar-refractivity contribution >= 4 is 23.7 Å². The van der Waals surface area contributed by atoms with Crippen molar-refractivity contribution in [3.8, 4) is 5.75 Å². The van der Waals surface area contributed by atoms with Gasteiger partial charge < -0.3 is 24.8 Å². The number of amides is 2. The smallest absolute Gasteiger partial charge is 0.338 e. The molecule has 1 aromatic rings. The minimum Gasteiger partial charge on any atom is -0.490 e. The van der Waals surface area contributed by atoms with Crippen molar-refractivity contribution in [1.82, 2.24) is 10.6 Å². The summed E-state index contributed by atoms with van der Waals surface area (Å²) in [7, 11) is 1.27. The van der Waals surface area contributed by atoms with E-state index in [2.05, 4.69) is 10.6 Å². The van der Waals surface area contributed by atoms with Crippen molar-refractivity contribution < 1.29 is 33.5 Å². The van der Waals surface area contributed by atoms with Crippen molar-refractivity contribution in [3.05, 3.63) is 45.1 Å². The van der Waals surface area contributed by atoms with Crippen molar-refractivity contribution in [1.29, 1.82) is 0 Å². The van der Waals surface area contributed by atoms with Crippen LogP contribution in [0, 0.1) is 10.1 Å². The standard InChI is InChI=1S/C17H19N3O8/c1-4-27-16(22)14-9(2)18-17(23)19-11(14)8-28-15(21)10-5-6-13(26-3)12(7-10)20(24)25/h5-7,9H,4,8H2,1-3H3,(H2,18,19,23). The number of hydrogen-bond acceptors (Lipinski definition) is 8. The molecule has 1 heterocycles. The summed E-state index contributed by atoms with van der Waals surface area (Å²) in [5, 5.41) is 16.0. The largest absolute Gasteiger partial charge is 0.490 e. The van der Waals surface area contributed by atoms with Gasteiger partial charge in [0.2, 0.25) is 0 Å². The Labute approximate surface area is 159 Å². The maximum absolute atomic E-state index is 12.3. The quantitative estimate of drug-likeness (QED) is 0.400. The molecular formula is C17H19N3O8. The highest BCUT2D eigenvalue weighted by Crippen LogP contribution is 2.28. The van der Waals surface area contributed by atoms with Crippen LogP contribution in [0.3, 0.4) is 0 Å². The van der Waals surface area contributed by atoms with E-state index in [-0.39, 0.29) is 29.2 Å². The number of carbonyl (C=O) groups is 3. The zero-order chi connectivity index (χ0) is 20.8. The molecule has 0 fully saturated rings. The summed E-state index contributed by atoms with van der Waals surface area (Å²) >= 11 is 0. The van der Waals surface area contributed by atoms with Crippen molar-refractivity contribution in [2.45, 2.75) is 19.9 Å². The summed E-state index contributed by atoms with van der Waals surface area (Å²) in [6.07, 6.45) is 0. The van der Waals surface area contributed by atoms with Crippen LogP contribution in [0.4, 0.5) is 10.5 Å². The van der Waals surface area contributed by atoms with Gasteiger partial charge in [-0.25, -0.2) is 14.4 Å². The van der Waals surface area contributed by atoms with E-state index in [0.717, 1.165) is 6.07 Å². The molecule has 0 saturated heterocycles. The van der Waals surface area contributed by atoms with E-state index in [1.165, 1.54) is 19.2 Å². The fourth-order valence-corrected chi connectivity index (χ4v) is 2.57. The summed E-state index contributed by atoms with van der Waals surface area (Å²) in [5.41, 5.74) is -0.285. The molecule has 11 nitrogen and oxygen atoms in total. The van der Waals surface area contributed by atoms with Crippen LogP contribution < -0.4 is 15.4 Å². The lowest BCUT2D eigenvalue weighted by Crippen LogP contribution is -2.50. The van der Waals surface area contributed by atoms with Gasteiger partial charge >= 0.3 is 23.7 Å². The topological polar surface area (TPSA) is 146 Å². The molecular weight excluding hydrogens is 374 g/mol. The molecule has 28 heavy (non-hydrogen) atoms. The molecule has 1 aromatic carbocycles. The fourth-order valence-electron chi connectivity index (χ4n) is 2.57. The van der Waals surface area contributed by atoms with E-state index in [4.69, 9.17) is 14.2 Å². The summed E-state index contributed by atoms with van der Waals surface area (Å²) in [6.45, 7) is 2.92. The lowest BCUT2D eigenvalue weighted by Gasteiger charge is -2.26. The molecule has 1 atom stereocenters. The minimum absolute atomic E-state index is 0.00620. The van der Waals surface area contributed by atoms with Gasteiger partial charge in [0.15, 0.2) is 5.75 Å². The van der Waals surface area contributed by atoms with Crippen LogP contribution >= 0.6 is 0 Å². The third-order valence-corrected chi connectivity index (χ3v) is 3.82. The lowest BCUT2D eigenvalue weighted by molar-refractivity contribution is -0.385. The van der Waals surface area contributed by atoms with E-state index in [9.17, 15) is 24.5 Å². The van der Waals surface area contributed by atoms with Crippen LogP contribution in [-0.2, 0) is 14.3 Å². The van der Waals surface area contributed by atoms with Crippen LogP contribution in [0.1, 0.15) is 24.2 Å². The van der Waals surface area contributed by atoms with E-state index in [0.29, 0.717) is 0 Å². The van der Waals surface area contributed by atoms with Crippen LogP contribution in [0.2, 0.25) is 0 Å². The minimum atomic E-state index is -0.873.